The number of nitrogens with zero attached hydrogens (tertiary/aromatic N) is 3. The van der Waals surface area contributed by atoms with E-state index in [-0.39, 0.29) is 19.0 Å². The van der Waals surface area contributed by atoms with Gasteiger partial charge in [0, 0.05) is 6.92 Å². The lowest BCUT2D eigenvalue weighted by molar-refractivity contribution is -0.392. The van der Waals surface area contributed by atoms with E-state index in [1.807, 2.05) is 0 Å². The second kappa shape index (κ2) is 6.70. The smallest absolute Gasteiger partial charge is 0.342 e. The standard InChI is InChI=1S/C14H15N3O5/c1-10-15-9-13(17(19)20)16(10)7-8-22-14(18)11-3-5-12(21-2)6-4-11/h3-6,9H,7-8H2,1-2H3. The van der Waals surface area contributed by atoms with Crippen molar-refractivity contribution in [1.29, 1.82) is 0 Å². The molecule has 0 saturated carbocycles. The molecule has 0 saturated heterocycles. The Hall–Kier alpha value is -2.90. The lowest BCUT2D eigenvalue weighted by Crippen LogP contribution is -2.13. The molecule has 0 bridgehead atoms. The number of aromatic nitrogens is 2. The minimum atomic E-state index is -0.523. The molecule has 0 aliphatic carbocycles. The highest BCUT2D eigenvalue weighted by Crippen LogP contribution is 2.14. The number of hydrogen-bond donors (Lipinski definition) is 0. The molecule has 0 aliphatic rings. The van der Waals surface area contributed by atoms with Crippen molar-refractivity contribution in [3.8, 4) is 5.75 Å². The Balaban J connectivity index is 1.94. The van der Waals surface area contributed by atoms with E-state index in [0.29, 0.717) is 17.1 Å². The molecule has 1 aromatic carbocycles. The van der Waals surface area contributed by atoms with Crippen molar-refractivity contribution in [3.05, 3.63) is 52.0 Å². The molecule has 1 heterocycles. The van der Waals surface area contributed by atoms with Crippen molar-refractivity contribution >= 4 is 11.8 Å². The van der Waals surface area contributed by atoms with Gasteiger partial charge >= 0.3 is 11.8 Å². The number of esters is 1. The third kappa shape index (κ3) is 3.40. The molecule has 8 heteroatoms. The first-order valence-corrected chi connectivity index (χ1v) is 6.50. The van der Waals surface area contributed by atoms with Crippen molar-refractivity contribution in [1.82, 2.24) is 9.55 Å². The summed E-state index contributed by atoms with van der Waals surface area (Å²) >= 11 is 0. The van der Waals surface area contributed by atoms with Gasteiger partial charge < -0.3 is 19.6 Å². The minimum Gasteiger partial charge on any atom is -0.497 e. The van der Waals surface area contributed by atoms with Gasteiger partial charge in [0.05, 0.1) is 12.7 Å². The van der Waals surface area contributed by atoms with Crippen molar-refractivity contribution in [2.24, 2.45) is 0 Å². The number of aryl methyl sites for hydroxylation is 1. The maximum atomic E-state index is 11.9. The second-order valence-corrected chi connectivity index (χ2v) is 4.44. The van der Waals surface area contributed by atoms with Crippen LogP contribution >= 0.6 is 0 Å². The summed E-state index contributed by atoms with van der Waals surface area (Å²) in [7, 11) is 1.54. The van der Waals surface area contributed by atoms with Crippen LogP contribution in [-0.4, -0.2) is 34.2 Å². The molecule has 116 valence electrons. The molecule has 8 nitrogen and oxygen atoms in total. The number of hydrogen-bond acceptors (Lipinski definition) is 6. The van der Waals surface area contributed by atoms with Gasteiger partial charge in [0.1, 0.15) is 25.1 Å². The number of nitro groups is 1. The van der Waals surface area contributed by atoms with Gasteiger partial charge in [-0.25, -0.2) is 14.3 Å². The Morgan fingerprint density at radius 1 is 1.36 bits per heavy atom. The number of ether oxygens (including phenoxy) is 2. The van der Waals surface area contributed by atoms with Crippen LogP contribution in [0.5, 0.6) is 5.75 Å². The maximum absolute atomic E-state index is 11.9. The number of carbonyl (C=O) groups is 1. The van der Waals surface area contributed by atoms with Crippen molar-refractivity contribution < 1.29 is 19.2 Å². The van der Waals surface area contributed by atoms with Crippen LogP contribution in [-0.2, 0) is 11.3 Å². The Bertz CT molecular complexity index is 678. The SMILES string of the molecule is COc1ccc(C(=O)OCCn2c([N+](=O)[O-])cnc2C)cc1. The summed E-state index contributed by atoms with van der Waals surface area (Å²) < 4.78 is 11.5. The fourth-order valence-corrected chi connectivity index (χ4v) is 1.92. The molecule has 2 rings (SSSR count). The molecular weight excluding hydrogens is 290 g/mol. The van der Waals surface area contributed by atoms with Crippen LogP contribution in [0, 0.1) is 17.0 Å². The van der Waals surface area contributed by atoms with Gasteiger partial charge in [0.15, 0.2) is 5.82 Å². The van der Waals surface area contributed by atoms with Gasteiger partial charge in [0.2, 0.25) is 0 Å². The highest BCUT2D eigenvalue weighted by Gasteiger charge is 2.17. The van der Waals surface area contributed by atoms with E-state index in [4.69, 9.17) is 9.47 Å². The first kappa shape index (κ1) is 15.5. The largest absolute Gasteiger partial charge is 0.497 e. The Kier molecular flexibility index (Phi) is 4.72. The van der Waals surface area contributed by atoms with Gasteiger partial charge in [0.25, 0.3) is 0 Å². The van der Waals surface area contributed by atoms with Crippen LogP contribution in [0.4, 0.5) is 5.82 Å². The summed E-state index contributed by atoms with van der Waals surface area (Å²) in [5.41, 5.74) is 0.387. The van der Waals surface area contributed by atoms with Crippen LogP contribution in [0.2, 0.25) is 0 Å². The number of carbonyl (C=O) groups excluding carboxylic acids is 1. The highest BCUT2D eigenvalue weighted by atomic mass is 16.6. The number of benzene rings is 1. The summed E-state index contributed by atoms with van der Waals surface area (Å²) in [5.74, 6) is 0.509. The fourth-order valence-electron chi connectivity index (χ4n) is 1.92. The molecule has 0 N–H and O–H groups in total. The molecule has 0 amide bonds. The van der Waals surface area contributed by atoms with E-state index in [0.717, 1.165) is 0 Å². The molecular formula is C14H15N3O5. The Labute approximate surface area is 126 Å². The third-order valence-electron chi connectivity index (χ3n) is 3.09. The monoisotopic (exact) mass is 305 g/mol. The number of rotatable bonds is 6. The second-order valence-electron chi connectivity index (χ2n) is 4.44. The Morgan fingerprint density at radius 3 is 2.64 bits per heavy atom. The Morgan fingerprint density at radius 2 is 2.05 bits per heavy atom. The van der Waals surface area contributed by atoms with Crippen molar-refractivity contribution in [3.63, 3.8) is 0 Å². The third-order valence-corrected chi connectivity index (χ3v) is 3.09. The van der Waals surface area contributed by atoms with Gasteiger partial charge in [-0.3, -0.25) is 0 Å². The summed E-state index contributed by atoms with van der Waals surface area (Å²) in [4.78, 5) is 26.1. The van der Waals surface area contributed by atoms with E-state index >= 15 is 0 Å². The van der Waals surface area contributed by atoms with E-state index in [9.17, 15) is 14.9 Å². The fraction of sp³-hybridized carbons (Fsp3) is 0.286. The van der Waals surface area contributed by atoms with Gasteiger partial charge in [-0.15, -0.1) is 0 Å². The molecule has 22 heavy (non-hydrogen) atoms. The molecule has 0 unspecified atom stereocenters. The average molecular weight is 305 g/mol. The maximum Gasteiger partial charge on any atom is 0.342 e. The zero-order valence-electron chi connectivity index (χ0n) is 12.2. The lowest BCUT2D eigenvalue weighted by atomic mass is 10.2. The topological polar surface area (TPSA) is 96.5 Å². The summed E-state index contributed by atoms with van der Waals surface area (Å²) in [6.45, 7) is 1.84. The number of imidazole rings is 1. The van der Waals surface area contributed by atoms with Crippen molar-refractivity contribution in [2.75, 3.05) is 13.7 Å². The molecule has 1 aromatic heterocycles. The minimum absolute atomic E-state index is 0.0168. The molecule has 0 aliphatic heterocycles. The quantitative estimate of drug-likeness (QED) is 0.460. The van der Waals surface area contributed by atoms with Crippen LogP contribution < -0.4 is 4.74 Å². The van der Waals surface area contributed by atoms with E-state index in [1.165, 1.54) is 17.9 Å². The summed E-state index contributed by atoms with van der Waals surface area (Å²) in [6, 6.07) is 6.49. The zero-order chi connectivity index (χ0) is 16.1. The highest BCUT2D eigenvalue weighted by molar-refractivity contribution is 5.89. The predicted molar refractivity (Wildman–Crippen MR) is 76.9 cm³/mol. The van der Waals surface area contributed by atoms with Gasteiger partial charge in [-0.1, -0.05) is 0 Å². The molecule has 0 radical (unpaired) electrons. The van der Waals surface area contributed by atoms with E-state index in [2.05, 4.69) is 4.98 Å². The van der Waals surface area contributed by atoms with Crippen LogP contribution in [0.25, 0.3) is 0 Å². The molecule has 0 fully saturated rings. The first-order valence-electron chi connectivity index (χ1n) is 6.50. The van der Waals surface area contributed by atoms with Crippen LogP contribution in [0.1, 0.15) is 16.2 Å². The van der Waals surface area contributed by atoms with Crippen molar-refractivity contribution in [2.45, 2.75) is 13.5 Å². The molecule has 0 spiro atoms. The summed E-state index contributed by atoms with van der Waals surface area (Å²) in [5, 5.41) is 10.8. The predicted octanol–water partition coefficient (Wildman–Crippen LogP) is 1.97. The van der Waals surface area contributed by atoms with E-state index < -0.39 is 10.9 Å². The number of methoxy groups -OCH3 is 1. The molecule has 2 aromatic rings. The summed E-state index contributed by atoms with van der Waals surface area (Å²) in [6.07, 6.45) is 1.18. The average Bonchev–Trinajstić information content (AvgIpc) is 2.88. The van der Waals surface area contributed by atoms with Gasteiger partial charge in [-0.05, 0) is 29.2 Å². The zero-order valence-corrected chi connectivity index (χ0v) is 12.2. The van der Waals surface area contributed by atoms with Crippen LogP contribution in [0.3, 0.4) is 0 Å². The molecule has 0 atom stereocenters. The lowest BCUT2D eigenvalue weighted by Gasteiger charge is -2.06. The first-order chi connectivity index (χ1) is 10.5. The van der Waals surface area contributed by atoms with Gasteiger partial charge in [-0.2, -0.15) is 0 Å². The normalized spacial score (nSPS) is 10.3. The van der Waals surface area contributed by atoms with Crippen LogP contribution in [0.15, 0.2) is 30.5 Å². The van der Waals surface area contributed by atoms with E-state index in [1.54, 1.807) is 31.2 Å².